The Morgan fingerprint density at radius 2 is 2.11 bits per heavy atom. The lowest BCUT2D eigenvalue weighted by molar-refractivity contribution is -0.116. The molecule has 1 saturated heterocycles. The first-order valence-electron chi connectivity index (χ1n) is 9.20. The van der Waals surface area contributed by atoms with Crippen molar-refractivity contribution in [2.24, 2.45) is 5.92 Å². The normalized spacial score (nSPS) is 17.4. The number of halogens is 1. The van der Waals surface area contributed by atoms with Gasteiger partial charge in [0, 0.05) is 37.5 Å². The predicted octanol–water partition coefficient (Wildman–Crippen LogP) is 2.45. The Kier molecular flexibility index (Phi) is 4.89. The van der Waals surface area contributed by atoms with Crippen LogP contribution in [0.5, 0.6) is 0 Å². The van der Waals surface area contributed by atoms with Crippen LogP contribution >= 0.6 is 0 Å². The zero-order valence-electron chi connectivity index (χ0n) is 14.9. The van der Waals surface area contributed by atoms with Crippen LogP contribution in [-0.4, -0.2) is 40.7 Å². The van der Waals surface area contributed by atoms with Crippen molar-refractivity contribution >= 4 is 29.0 Å². The Morgan fingerprint density at radius 3 is 2.89 bits per heavy atom. The number of piperidine rings is 1. The van der Waals surface area contributed by atoms with E-state index in [2.05, 4.69) is 20.6 Å². The maximum Gasteiger partial charge on any atom is 0.229 e. The van der Waals surface area contributed by atoms with Crippen LogP contribution in [0.1, 0.15) is 24.8 Å². The Labute approximate surface area is 156 Å². The first-order valence-corrected chi connectivity index (χ1v) is 9.20. The number of hydrogen-bond donors (Lipinski definition) is 3. The Morgan fingerprint density at radius 1 is 1.30 bits per heavy atom. The molecule has 2 aliphatic heterocycles. The minimum atomic E-state index is -0.448. The molecule has 1 aromatic carbocycles. The van der Waals surface area contributed by atoms with Crippen LogP contribution in [0.4, 0.5) is 27.5 Å². The van der Waals surface area contributed by atoms with Crippen molar-refractivity contribution in [2.45, 2.75) is 25.7 Å². The zero-order chi connectivity index (χ0) is 18.8. The van der Waals surface area contributed by atoms with Gasteiger partial charge in [0.25, 0.3) is 0 Å². The van der Waals surface area contributed by atoms with E-state index in [-0.39, 0.29) is 24.2 Å². The number of aliphatic hydroxyl groups is 1. The first-order chi connectivity index (χ1) is 13.1. The highest BCUT2D eigenvalue weighted by molar-refractivity contribution is 5.94. The van der Waals surface area contributed by atoms with E-state index in [4.69, 9.17) is 0 Å². The summed E-state index contributed by atoms with van der Waals surface area (Å²) in [6.45, 7) is 1.50. The van der Waals surface area contributed by atoms with E-state index in [1.165, 1.54) is 6.20 Å². The molecule has 3 heterocycles. The molecule has 0 bridgehead atoms. The fourth-order valence-corrected chi connectivity index (χ4v) is 3.56. The molecule has 27 heavy (non-hydrogen) atoms. The summed E-state index contributed by atoms with van der Waals surface area (Å²) >= 11 is 0. The number of hydrogen-bond acceptors (Lipinski definition) is 6. The fraction of sp³-hybridized carbons (Fsp3) is 0.421. The number of amides is 1. The molecule has 2 aromatic rings. The summed E-state index contributed by atoms with van der Waals surface area (Å²) in [4.78, 5) is 21.8. The quantitative estimate of drug-likeness (QED) is 0.765. The van der Waals surface area contributed by atoms with E-state index in [9.17, 15) is 14.3 Å². The van der Waals surface area contributed by atoms with Crippen molar-refractivity contribution in [1.29, 1.82) is 0 Å². The van der Waals surface area contributed by atoms with E-state index in [0.29, 0.717) is 31.9 Å². The number of aliphatic hydroxyl groups excluding tert-OH is 1. The number of benzene rings is 1. The number of fused-ring (bicyclic) bond motifs is 1. The average Bonchev–Trinajstić information content (AvgIpc) is 2.70. The van der Waals surface area contributed by atoms with E-state index in [1.807, 2.05) is 23.1 Å². The van der Waals surface area contributed by atoms with Crippen molar-refractivity contribution in [1.82, 2.24) is 9.97 Å². The van der Waals surface area contributed by atoms with Gasteiger partial charge in [0.05, 0.1) is 6.20 Å². The number of aryl methyl sites for hydroxylation is 1. The van der Waals surface area contributed by atoms with Crippen LogP contribution in [0.25, 0.3) is 0 Å². The lowest BCUT2D eigenvalue weighted by Crippen LogP contribution is -2.36. The molecule has 1 fully saturated rings. The molecule has 8 heteroatoms. The molecule has 0 spiro atoms. The van der Waals surface area contributed by atoms with Gasteiger partial charge in [-0.2, -0.15) is 4.98 Å². The van der Waals surface area contributed by atoms with Gasteiger partial charge in [-0.15, -0.1) is 0 Å². The van der Waals surface area contributed by atoms with Gasteiger partial charge in [-0.1, -0.05) is 0 Å². The Hall–Kier alpha value is -2.74. The summed E-state index contributed by atoms with van der Waals surface area (Å²) in [5.74, 6) is 0.472. The number of rotatable bonds is 4. The SMILES string of the molecule is O=C1CCc2cc(Nc3ncc(F)c(N4CCC(CO)CC4)n3)ccc2N1. The minimum Gasteiger partial charge on any atom is -0.396 e. The molecular formula is C19H22FN5O2. The Balaban J connectivity index is 1.51. The number of nitrogens with one attached hydrogen (secondary N) is 2. The number of carbonyl (C=O) groups excluding carboxylic acids is 1. The van der Waals surface area contributed by atoms with Crippen molar-refractivity contribution in [3.05, 3.63) is 35.8 Å². The third-order valence-electron chi connectivity index (χ3n) is 5.15. The lowest BCUT2D eigenvalue weighted by Gasteiger charge is -2.32. The fourth-order valence-electron chi connectivity index (χ4n) is 3.56. The van der Waals surface area contributed by atoms with Gasteiger partial charge in [-0.25, -0.2) is 9.37 Å². The number of aromatic nitrogens is 2. The van der Waals surface area contributed by atoms with Gasteiger partial charge in [-0.05, 0) is 48.9 Å². The predicted molar refractivity (Wildman–Crippen MR) is 101 cm³/mol. The monoisotopic (exact) mass is 371 g/mol. The molecule has 0 unspecified atom stereocenters. The summed E-state index contributed by atoms with van der Waals surface area (Å²) < 4.78 is 14.2. The van der Waals surface area contributed by atoms with Crippen LogP contribution in [0.15, 0.2) is 24.4 Å². The molecule has 4 rings (SSSR count). The van der Waals surface area contributed by atoms with Gasteiger partial charge >= 0.3 is 0 Å². The third-order valence-corrected chi connectivity index (χ3v) is 5.15. The van der Waals surface area contributed by atoms with E-state index in [1.54, 1.807) is 0 Å². The van der Waals surface area contributed by atoms with E-state index in [0.717, 1.165) is 29.8 Å². The van der Waals surface area contributed by atoms with Gasteiger partial charge in [0.1, 0.15) is 0 Å². The van der Waals surface area contributed by atoms with Crippen molar-refractivity contribution in [2.75, 3.05) is 35.2 Å². The molecule has 0 radical (unpaired) electrons. The second-order valence-corrected chi connectivity index (χ2v) is 7.02. The number of anilines is 4. The Bertz CT molecular complexity index is 852. The maximum absolute atomic E-state index is 14.2. The standard InChI is InChI=1S/C19H22FN5O2/c20-15-10-21-19(24-18(15)25-7-5-12(11-26)6-8-25)22-14-2-3-16-13(9-14)1-4-17(27)23-16/h2-3,9-10,12,26H,1,4-8,11H2,(H,23,27)(H,21,22,24). The highest BCUT2D eigenvalue weighted by atomic mass is 19.1. The zero-order valence-corrected chi connectivity index (χ0v) is 14.9. The summed E-state index contributed by atoms with van der Waals surface area (Å²) in [7, 11) is 0. The molecule has 142 valence electrons. The highest BCUT2D eigenvalue weighted by Crippen LogP contribution is 2.28. The number of nitrogens with zero attached hydrogens (tertiary/aromatic N) is 3. The smallest absolute Gasteiger partial charge is 0.229 e. The van der Waals surface area contributed by atoms with Gasteiger partial charge < -0.3 is 20.6 Å². The van der Waals surface area contributed by atoms with E-state index < -0.39 is 5.82 Å². The largest absolute Gasteiger partial charge is 0.396 e. The molecule has 0 saturated carbocycles. The highest BCUT2D eigenvalue weighted by Gasteiger charge is 2.22. The molecular weight excluding hydrogens is 349 g/mol. The first kappa shape index (κ1) is 17.7. The summed E-state index contributed by atoms with van der Waals surface area (Å²) in [5.41, 5.74) is 2.67. The molecule has 0 aliphatic carbocycles. The molecule has 1 amide bonds. The van der Waals surface area contributed by atoms with Gasteiger partial charge in [0.15, 0.2) is 11.6 Å². The van der Waals surface area contributed by atoms with E-state index >= 15 is 0 Å². The maximum atomic E-state index is 14.2. The summed E-state index contributed by atoms with van der Waals surface area (Å²) in [6, 6.07) is 5.64. The van der Waals surface area contributed by atoms with Gasteiger partial charge in [-0.3, -0.25) is 4.79 Å². The molecule has 1 aromatic heterocycles. The lowest BCUT2D eigenvalue weighted by atomic mass is 9.98. The third kappa shape index (κ3) is 3.85. The summed E-state index contributed by atoms with van der Waals surface area (Å²) in [5, 5.41) is 15.2. The molecule has 7 nitrogen and oxygen atoms in total. The van der Waals surface area contributed by atoms with Crippen LogP contribution in [0.3, 0.4) is 0 Å². The second-order valence-electron chi connectivity index (χ2n) is 7.02. The van der Waals surface area contributed by atoms with Crippen LogP contribution in [-0.2, 0) is 11.2 Å². The second kappa shape index (κ2) is 7.48. The number of carbonyl (C=O) groups is 1. The topological polar surface area (TPSA) is 90.4 Å². The van der Waals surface area contributed by atoms with Gasteiger partial charge in [0.2, 0.25) is 11.9 Å². The van der Waals surface area contributed by atoms with Crippen LogP contribution in [0.2, 0.25) is 0 Å². The minimum absolute atomic E-state index is 0.0275. The molecule has 3 N–H and O–H groups in total. The summed E-state index contributed by atoms with van der Waals surface area (Å²) in [6.07, 6.45) is 3.98. The van der Waals surface area contributed by atoms with Crippen molar-refractivity contribution in [3.8, 4) is 0 Å². The van der Waals surface area contributed by atoms with Crippen LogP contribution in [0, 0.1) is 11.7 Å². The van der Waals surface area contributed by atoms with Crippen LogP contribution < -0.4 is 15.5 Å². The van der Waals surface area contributed by atoms with Crippen molar-refractivity contribution in [3.63, 3.8) is 0 Å². The molecule has 2 aliphatic rings. The molecule has 0 atom stereocenters. The van der Waals surface area contributed by atoms with Crippen molar-refractivity contribution < 1.29 is 14.3 Å². The average molecular weight is 371 g/mol.